The molecule has 0 aliphatic rings. The summed E-state index contributed by atoms with van der Waals surface area (Å²) in [7, 11) is 0. The van der Waals surface area contributed by atoms with Gasteiger partial charge in [-0.25, -0.2) is 0 Å². The summed E-state index contributed by atoms with van der Waals surface area (Å²) in [6.07, 6.45) is 76.9. The lowest BCUT2D eigenvalue weighted by molar-refractivity contribution is -0.143. The summed E-state index contributed by atoms with van der Waals surface area (Å²) >= 11 is 0. The predicted molar refractivity (Wildman–Crippen MR) is 310 cm³/mol. The van der Waals surface area contributed by atoms with Crippen LogP contribution in [0.25, 0.3) is 0 Å². The van der Waals surface area contributed by atoms with E-state index in [1.54, 1.807) is 0 Å². The quantitative estimate of drug-likeness (QED) is 0.0321. The highest BCUT2D eigenvalue weighted by Gasteiger charge is 2.20. The number of allylic oxidation sites excluding steroid dienone is 8. The van der Waals surface area contributed by atoms with Crippen molar-refractivity contribution in [3.63, 3.8) is 0 Å². The second kappa shape index (κ2) is 60.4. The lowest BCUT2D eigenvalue weighted by Crippen LogP contribution is -2.45. The maximum atomic E-state index is 12.5. The lowest BCUT2D eigenvalue weighted by atomic mass is 10.0. The highest BCUT2D eigenvalue weighted by molar-refractivity contribution is 5.76. The normalized spacial score (nSPS) is 12.9. The van der Waals surface area contributed by atoms with E-state index in [1.807, 2.05) is 0 Å². The minimum absolute atomic E-state index is 0.0288. The highest BCUT2D eigenvalue weighted by Crippen LogP contribution is 2.17. The average Bonchev–Trinajstić information content (AvgIpc) is 3.37. The topological polar surface area (TPSA) is 95.9 Å². The largest absolute Gasteiger partial charge is 0.466 e. The molecule has 2 unspecified atom stereocenters. The Balaban J connectivity index is 3.50. The predicted octanol–water partition coefficient (Wildman–Crippen LogP) is 19.7. The summed E-state index contributed by atoms with van der Waals surface area (Å²) in [5.41, 5.74) is 0. The van der Waals surface area contributed by atoms with Crippen LogP contribution >= 0.6 is 0 Å². The number of esters is 1. The molecule has 1 amide bonds. The number of carbonyl (C=O) groups excluding carboxylic acids is 2. The maximum absolute atomic E-state index is 12.5. The third kappa shape index (κ3) is 57.0. The molecule has 0 aliphatic heterocycles. The van der Waals surface area contributed by atoms with E-state index in [0.717, 1.165) is 96.3 Å². The number of carbonyl (C=O) groups is 2. The zero-order chi connectivity index (χ0) is 51.4. The van der Waals surface area contributed by atoms with Crippen molar-refractivity contribution in [3.8, 4) is 0 Å². The fraction of sp³-hybridized carbons (Fsp3) is 0.846. The Bertz CT molecular complexity index is 1190. The Kier molecular flexibility index (Phi) is 58.5. The molecule has 0 aromatic rings. The fourth-order valence-corrected chi connectivity index (χ4v) is 9.52. The van der Waals surface area contributed by atoms with Gasteiger partial charge in [0.15, 0.2) is 0 Å². The first kappa shape index (κ1) is 68.8. The Morgan fingerprint density at radius 2 is 0.704 bits per heavy atom. The third-order valence-corrected chi connectivity index (χ3v) is 14.4. The highest BCUT2D eigenvalue weighted by atomic mass is 16.5. The molecule has 0 aromatic carbocycles. The van der Waals surface area contributed by atoms with Crippen LogP contribution < -0.4 is 5.32 Å². The standard InChI is InChI=1S/C65H121NO5/c1-3-5-7-9-11-13-15-17-19-21-22-23-24-26-29-33-37-41-45-49-53-57-63(68)62(61-67)66-64(69)58-54-50-46-42-38-34-30-27-25-28-32-36-40-44-48-52-56-60-71-65(70)59-55-51-47-43-39-35-31-20-18-16-14-12-10-8-6-4-2/h14,16,20,25,28,31,36,40,62-63,67-68H,3-13,15,17-19,21-24,26-27,29-30,32-35,37-39,41-61H2,1-2H3,(H,66,69)/b16-14-,28-25-,31-20-,40-36-. The van der Waals surface area contributed by atoms with Crippen LogP contribution in [0.4, 0.5) is 0 Å². The van der Waals surface area contributed by atoms with Crippen molar-refractivity contribution in [2.75, 3.05) is 13.2 Å². The van der Waals surface area contributed by atoms with Crippen LogP contribution in [0.5, 0.6) is 0 Å². The van der Waals surface area contributed by atoms with Gasteiger partial charge in [0.25, 0.3) is 0 Å². The van der Waals surface area contributed by atoms with E-state index < -0.39 is 12.1 Å². The summed E-state index contributed by atoms with van der Waals surface area (Å²) in [6, 6.07) is -0.556. The Labute approximate surface area is 442 Å². The molecule has 0 radical (unpaired) electrons. The molecule has 0 rings (SSSR count). The number of unbranched alkanes of at least 4 members (excludes halogenated alkanes) is 39. The van der Waals surface area contributed by atoms with Crippen LogP contribution in [-0.2, 0) is 14.3 Å². The lowest BCUT2D eigenvalue weighted by Gasteiger charge is -2.22. The Morgan fingerprint density at radius 1 is 0.394 bits per heavy atom. The molecule has 2 atom stereocenters. The minimum Gasteiger partial charge on any atom is -0.466 e. The molecule has 0 aliphatic carbocycles. The summed E-state index contributed by atoms with van der Waals surface area (Å²) in [5.74, 6) is -0.0783. The molecule has 416 valence electrons. The van der Waals surface area contributed by atoms with E-state index >= 15 is 0 Å². The van der Waals surface area contributed by atoms with Crippen molar-refractivity contribution in [1.29, 1.82) is 0 Å². The van der Waals surface area contributed by atoms with Crippen molar-refractivity contribution in [1.82, 2.24) is 5.32 Å². The van der Waals surface area contributed by atoms with Crippen molar-refractivity contribution in [2.45, 2.75) is 341 Å². The number of hydrogen-bond donors (Lipinski definition) is 3. The van der Waals surface area contributed by atoms with Crippen LogP contribution in [0, 0.1) is 0 Å². The first-order chi connectivity index (χ1) is 35.0. The van der Waals surface area contributed by atoms with E-state index in [4.69, 9.17) is 4.74 Å². The smallest absolute Gasteiger partial charge is 0.305 e. The van der Waals surface area contributed by atoms with E-state index in [0.29, 0.717) is 25.9 Å². The third-order valence-electron chi connectivity index (χ3n) is 14.4. The van der Waals surface area contributed by atoms with Crippen LogP contribution in [0.15, 0.2) is 48.6 Å². The van der Waals surface area contributed by atoms with Gasteiger partial charge in [0, 0.05) is 12.8 Å². The van der Waals surface area contributed by atoms with Crippen molar-refractivity contribution >= 4 is 11.9 Å². The van der Waals surface area contributed by atoms with E-state index in [1.165, 1.54) is 199 Å². The summed E-state index contributed by atoms with van der Waals surface area (Å²) in [4.78, 5) is 24.6. The number of hydrogen-bond acceptors (Lipinski definition) is 5. The zero-order valence-corrected chi connectivity index (χ0v) is 47.5. The van der Waals surface area contributed by atoms with Gasteiger partial charge < -0.3 is 20.3 Å². The number of rotatable bonds is 58. The van der Waals surface area contributed by atoms with Crippen molar-refractivity contribution in [3.05, 3.63) is 48.6 Å². The van der Waals surface area contributed by atoms with Gasteiger partial charge in [-0.05, 0) is 96.3 Å². The molecule has 0 bridgehead atoms. The zero-order valence-electron chi connectivity index (χ0n) is 47.5. The minimum atomic E-state index is -0.677. The van der Waals surface area contributed by atoms with Gasteiger partial charge in [0.1, 0.15) is 0 Å². The number of aliphatic hydroxyl groups is 2. The van der Waals surface area contributed by atoms with Crippen molar-refractivity contribution in [2.24, 2.45) is 0 Å². The van der Waals surface area contributed by atoms with Crippen LogP contribution in [0.2, 0.25) is 0 Å². The molecular formula is C65H121NO5. The molecule has 0 saturated carbocycles. The summed E-state index contributed by atoms with van der Waals surface area (Å²) < 4.78 is 5.45. The van der Waals surface area contributed by atoms with E-state index in [2.05, 4.69) is 67.8 Å². The molecule has 0 heterocycles. The number of amides is 1. The first-order valence-corrected chi connectivity index (χ1v) is 31.4. The van der Waals surface area contributed by atoms with Gasteiger partial charge in [0.2, 0.25) is 5.91 Å². The second-order valence-electron chi connectivity index (χ2n) is 21.4. The van der Waals surface area contributed by atoms with Gasteiger partial charge in [-0.3, -0.25) is 9.59 Å². The average molecular weight is 997 g/mol. The van der Waals surface area contributed by atoms with Gasteiger partial charge in [0.05, 0.1) is 25.4 Å². The van der Waals surface area contributed by atoms with E-state index in [9.17, 15) is 19.8 Å². The van der Waals surface area contributed by atoms with E-state index in [-0.39, 0.29) is 18.5 Å². The van der Waals surface area contributed by atoms with Gasteiger partial charge in [-0.1, -0.05) is 268 Å². The molecule has 71 heavy (non-hydrogen) atoms. The summed E-state index contributed by atoms with van der Waals surface area (Å²) in [5, 5.41) is 23.4. The molecule has 0 aromatic heterocycles. The fourth-order valence-electron chi connectivity index (χ4n) is 9.52. The second-order valence-corrected chi connectivity index (χ2v) is 21.4. The summed E-state index contributed by atoms with van der Waals surface area (Å²) in [6.45, 7) is 4.90. The van der Waals surface area contributed by atoms with Crippen LogP contribution in [-0.4, -0.2) is 47.4 Å². The van der Waals surface area contributed by atoms with Crippen molar-refractivity contribution < 1.29 is 24.5 Å². The SMILES string of the molecule is CCCCCC/C=C\C/C=C\CCCCCCCC(=O)OCCCCC/C=C\C/C=C\CCCCCCCCCC(=O)NC(CO)C(O)CCCCCCCCCCCCCCCCCCCCCCC. The monoisotopic (exact) mass is 996 g/mol. The number of aliphatic hydroxyl groups excluding tert-OH is 2. The molecule has 6 nitrogen and oxygen atoms in total. The molecular weight excluding hydrogens is 875 g/mol. The molecule has 0 saturated heterocycles. The Hall–Kier alpha value is -2.18. The first-order valence-electron chi connectivity index (χ1n) is 31.4. The Morgan fingerprint density at radius 3 is 1.08 bits per heavy atom. The maximum Gasteiger partial charge on any atom is 0.305 e. The van der Waals surface area contributed by atoms with Gasteiger partial charge in [-0.15, -0.1) is 0 Å². The van der Waals surface area contributed by atoms with Crippen LogP contribution in [0.3, 0.4) is 0 Å². The molecule has 0 spiro atoms. The number of ether oxygens (including phenoxy) is 1. The number of nitrogens with one attached hydrogen (secondary N) is 1. The van der Waals surface area contributed by atoms with Crippen LogP contribution in [0.1, 0.15) is 328 Å². The van der Waals surface area contributed by atoms with Gasteiger partial charge >= 0.3 is 5.97 Å². The molecule has 3 N–H and O–H groups in total. The molecule has 6 heteroatoms. The van der Waals surface area contributed by atoms with Gasteiger partial charge in [-0.2, -0.15) is 0 Å². The molecule has 0 fully saturated rings.